The van der Waals surface area contributed by atoms with Gasteiger partial charge < -0.3 is 20.5 Å². The Bertz CT molecular complexity index is 880. The van der Waals surface area contributed by atoms with Crippen LogP contribution in [0.4, 0.5) is 4.79 Å². The van der Waals surface area contributed by atoms with Crippen LogP contribution in [-0.2, 0) is 16.1 Å². The largest absolute Gasteiger partial charge is 0.506 e. The van der Waals surface area contributed by atoms with E-state index in [0.717, 1.165) is 5.56 Å². The lowest BCUT2D eigenvalue weighted by molar-refractivity contribution is -0.140. The van der Waals surface area contributed by atoms with E-state index in [-0.39, 0.29) is 23.0 Å². The molecule has 2 aromatic carbocycles. The number of rotatable bonds is 4. The maximum Gasteiger partial charge on any atom is 0.338 e. The number of benzene rings is 2. The third-order valence-electron chi connectivity index (χ3n) is 4.01. The van der Waals surface area contributed by atoms with E-state index in [1.165, 1.54) is 12.1 Å². The van der Waals surface area contributed by atoms with Crippen LogP contribution in [0.5, 0.6) is 5.75 Å². The van der Waals surface area contributed by atoms with E-state index in [2.05, 4.69) is 10.6 Å². The van der Waals surface area contributed by atoms with E-state index in [1.807, 2.05) is 30.3 Å². The van der Waals surface area contributed by atoms with Crippen LogP contribution < -0.4 is 10.6 Å². The molecular weight excluding hydrogens is 356 g/mol. The lowest BCUT2D eigenvalue weighted by Crippen LogP contribution is -2.45. The smallest absolute Gasteiger partial charge is 0.338 e. The number of phenols is 1. The standard InChI is InChI=1S/C19H17ClN2O4/c1-11-16(18(24)26-10-12-5-3-2-4-6-12)17(22-19(25)21-11)13-7-8-15(23)14(20)9-13/h2-9,17,23H,10H2,1H3,(H2,21,22,25). The minimum absolute atomic E-state index is 0.0791. The Morgan fingerprint density at radius 3 is 2.65 bits per heavy atom. The van der Waals surface area contributed by atoms with E-state index in [4.69, 9.17) is 16.3 Å². The third kappa shape index (κ3) is 3.81. The Labute approximate surface area is 155 Å². The highest BCUT2D eigenvalue weighted by Crippen LogP contribution is 2.32. The Hall–Kier alpha value is -2.99. The average molecular weight is 373 g/mol. The molecule has 1 atom stereocenters. The third-order valence-corrected chi connectivity index (χ3v) is 4.31. The molecular formula is C19H17ClN2O4. The van der Waals surface area contributed by atoms with E-state index in [9.17, 15) is 14.7 Å². The van der Waals surface area contributed by atoms with Crippen LogP contribution in [0.3, 0.4) is 0 Å². The first-order chi connectivity index (χ1) is 12.5. The number of urea groups is 1. The highest BCUT2D eigenvalue weighted by Gasteiger charge is 2.32. The normalized spacial score (nSPS) is 16.7. The maximum absolute atomic E-state index is 12.7. The summed E-state index contributed by atoms with van der Waals surface area (Å²) in [5.41, 5.74) is 2.10. The summed E-state index contributed by atoms with van der Waals surface area (Å²) in [5.74, 6) is -0.627. The number of ether oxygens (including phenoxy) is 1. The van der Waals surface area contributed by atoms with Crippen molar-refractivity contribution in [3.63, 3.8) is 0 Å². The fourth-order valence-electron chi connectivity index (χ4n) is 2.72. The summed E-state index contributed by atoms with van der Waals surface area (Å²) in [6, 6.07) is 12.6. The van der Waals surface area contributed by atoms with Crippen molar-refractivity contribution in [2.45, 2.75) is 19.6 Å². The SMILES string of the molecule is CC1=C(C(=O)OCc2ccccc2)C(c2ccc(O)c(Cl)c2)NC(=O)N1. The fraction of sp³-hybridized carbons (Fsp3) is 0.158. The van der Waals surface area contributed by atoms with Crippen molar-refractivity contribution in [3.05, 3.63) is 76.0 Å². The molecule has 0 saturated heterocycles. The monoisotopic (exact) mass is 372 g/mol. The summed E-state index contributed by atoms with van der Waals surface area (Å²) in [7, 11) is 0. The van der Waals surface area contributed by atoms with E-state index >= 15 is 0 Å². The number of carbonyl (C=O) groups excluding carboxylic acids is 2. The van der Waals surface area contributed by atoms with Gasteiger partial charge in [0.2, 0.25) is 0 Å². The quantitative estimate of drug-likeness (QED) is 0.717. The first-order valence-corrected chi connectivity index (χ1v) is 8.31. The summed E-state index contributed by atoms with van der Waals surface area (Å²) in [6.07, 6.45) is 0. The number of allylic oxidation sites excluding steroid dienone is 1. The minimum Gasteiger partial charge on any atom is -0.506 e. The van der Waals surface area contributed by atoms with Gasteiger partial charge in [0.25, 0.3) is 0 Å². The predicted molar refractivity (Wildman–Crippen MR) is 96.5 cm³/mol. The number of phenolic OH excluding ortho intramolecular Hbond substituents is 1. The number of nitrogens with one attached hydrogen (secondary N) is 2. The molecule has 3 rings (SSSR count). The molecule has 6 nitrogen and oxygen atoms in total. The highest BCUT2D eigenvalue weighted by atomic mass is 35.5. The van der Waals surface area contributed by atoms with Crippen molar-refractivity contribution in [1.29, 1.82) is 0 Å². The first-order valence-electron chi connectivity index (χ1n) is 7.93. The van der Waals surface area contributed by atoms with Crippen molar-refractivity contribution in [2.24, 2.45) is 0 Å². The van der Waals surface area contributed by atoms with Crippen molar-refractivity contribution >= 4 is 23.6 Å². The molecule has 0 aliphatic carbocycles. The molecule has 26 heavy (non-hydrogen) atoms. The van der Waals surface area contributed by atoms with E-state index in [0.29, 0.717) is 11.3 Å². The number of hydrogen-bond acceptors (Lipinski definition) is 4. The fourth-order valence-corrected chi connectivity index (χ4v) is 2.91. The van der Waals surface area contributed by atoms with Crippen LogP contribution in [-0.4, -0.2) is 17.1 Å². The molecule has 1 heterocycles. The van der Waals surface area contributed by atoms with Crippen molar-refractivity contribution in [3.8, 4) is 5.75 Å². The summed E-state index contributed by atoms with van der Waals surface area (Å²) in [5, 5.41) is 15.0. The average Bonchev–Trinajstić information content (AvgIpc) is 2.62. The summed E-state index contributed by atoms with van der Waals surface area (Å²) < 4.78 is 5.41. The molecule has 134 valence electrons. The van der Waals surface area contributed by atoms with Gasteiger partial charge in [-0.25, -0.2) is 9.59 Å². The molecule has 0 spiro atoms. The molecule has 1 aliphatic heterocycles. The molecule has 0 bridgehead atoms. The Morgan fingerprint density at radius 1 is 1.23 bits per heavy atom. The molecule has 0 radical (unpaired) electrons. The van der Waals surface area contributed by atoms with Crippen molar-refractivity contribution in [1.82, 2.24) is 10.6 Å². The van der Waals surface area contributed by atoms with Crippen LogP contribution in [0.2, 0.25) is 5.02 Å². The second kappa shape index (κ2) is 7.49. The van der Waals surface area contributed by atoms with Crippen LogP contribution in [0, 0.1) is 0 Å². The van der Waals surface area contributed by atoms with Gasteiger partial charge in [0.15, 0.2) is 0 Å². The van der Waals surface area contributed by atoms with Crippen LogP contribution in [0.25, 0.3) is 0 Å². The predicted octanol–water partition coefficient (Wildman–Crippen LogP) is 3.42. The summed E-state index contributed by atoms with van der Waals surface area (Å²) in [4.78, 5) is 24.5. The van der Waals surface area contributed by atoms with Gasteiger partial charge in [0.1, 0.15) is 12.4 Å². The molecule has 2 amide bonds. The van der Waals surface area contributed by atoms with Gasteiger partial charge in [-0.2, -0.15) is 0 Å². The molecule has 2 aromatic rings. The summed E-state index contributed by atoms with van der Waals surface area (Å²) >= 11 is 5.96. The maximum atomic E-state index is 12.7. The number of halogens is 1. The van der Waals surface area contributed by atoms with Gasteiger partial charge in [-0.15, -0.1) is 0 Å². The lowest BCUT2D eigenvalue weighted by Gasteiger charge is -2.28. The Balaban J connectivity index is 1.87. The second-order valence-electron chi connectivity index (χ2n) is 5.84. The Morgan fingerprint density at radius 2 is 1.96 bits per heavy atom. The number of hydrogen-bond donors (Lipinski definition) is 3. The van der Waals surface area contributed by atoms with Crippen LogP contribution in [0.15, 0.2) is 59.8 Å². The van der Waals surface area contributed by atoms with Gasteiger partial charge >= 0.3 is 12.0 Å². The van der Waals surface area contributed by atoms with Gasteiger partial charge in [0.05, 0.1) is 16.6 Å². The molecule has 0 aromatic heterocycles. The van der Waals surface area contributed by atoms with Crippen LogP contribution in [0.1, 0.15) is 24.1 Å². The molecule has 1 unspecified atom stereocenters. The minimum atomic E-state index is -0.731. The number of esters is 1. The van der Waals surface area contributed by atoms with Crippen LogP contribution >= 0.6 is 11.6 Å². The second-order valence-corrected chi connectivity index (χ2v) is 6.25. The highest BCUT2D eigenvalue weighted by molar-refractivity contribution is 6.32. The molecule has 1 aliphatic rings. The van der Waals surface area contributed by atoms with Gasteiger partial charge in [-0.05, 0) is 30.2 Å². The molecule has 0 saturated carbocycles. The van der Waals surface area contributed by atoms with Crippen molar-refractivity contribution < 1.29 is 19.4 Å². The summed E-state index contributed by atoms with van der Waals surface area (Å²) in [6.45, 7) is 1.75. The number of aromatic hydroxyl groups is 1. The van der Waals surface area contributed by atoms with Gasteiger partial charge in [0, 0.05) is 5.70 Å². The van der Waals surface area contributed by atoms with Gasteiger partial charge in [-0.1, -0.05) is 48.0 Å². The topological polar surface area (TPSA) is 87.7 Å². The zero-order chi connectivity index (χ0) is 18.7. The van der Waals surface area contributed by atoms with Crippen molar-refractivity contribution in [2.75, 3.05) is 0 Å². The van der Waals surface area contributed by atoms with Gasteiger partial charge in [-0.3, -0.25) is 0 Å². The Kier molecular flexibility index (Phi) is 5.14. The molecule has 3 N–H and O–H groups in total. The van der Waals surface area contributed by atoms with E-state index < -0.39 is 18.0 Å². The first kappa shape index (κ1) is 17.8. The molecule has 0 fully saturated rings. The zero-order valence-electron chi connectivity index (χ0n) is 14.0. The zero-order valence-corrected chi connectivity index (χ0v) is 14.7. The number of amides is 2. The van der Waals surface area contributed by atoms with E-state index in [1.54, 1.807) is 13.0 Å². The lowest BCUT2D eigenvalue weighted by atomic mass is 9.95. The molecule has 7 heteroatoms. The number of carbonyl (C=O) groups is 2.